The molecular formula is C20H28FN7. The third-order valence-corrected chi connectivity index (χ3v) is 4.36. The Kier molecular flexibility index (Phi) is 8.28. The zero-order chi connectivity index (χ0) is 20.4. The summed E-state index contributed by atoms with van der Waals surface area (Å²) >= 11 is 0. The fourth-order valence-corrected chi connectivity index (χ4v) is 2.82. The molecular weight excluding hydrogens is 357 g/mol. The highest BCUT2D eigenvalue weighted by molar-refractivity contribution is 5.79. The largest absolute Gasteiger partial charge is 0.382 e. The van der Waals surface area contributed by atoms with Gasteiger partial charge in [0, 0.05) is 20.1 Å². The number of aliphatic imine (C=N–C) groups is 1. The number of benzene rings is 1. The number of hydrogen-bond donors (Lipinski definition) is 3. The van der Waals surface area contributed by atoms with Crippen LogP contribution in [0.4, 0.5) is 10.2 Å². The number of halogens is 1. The average Bonchev–Trinajstić information content (AvgIpc) is 3.02. The van der Waals surface area contributed by atoms with Gasteiger partial charge in [-0.05, 0) is 43.5 Å². The van der Waals surface area contributed by atoms with Crippen LogP contribution < -0.4 is 16.4 Å². The molecule has 0 fully saturated rings. The van der Waals surface area contributed by atoms with Crippen LogP contribution in [-0.4, -0.2) is 35.9 Å². The third kappa shape index (κ3) is 5.71. The van der Waals surface area contributed by atoms with E-state index in [1.165, 1.54) is 29.7 Å². The standard InChI is InChI=1S/C20H28FN7/c1-3-4-5-12-25-20(24-2)26-13-6-7-18-17(14-22)19(23)28(27-18)16-10-8-15(21)9-11-16/h8-11H,3-7,12-13,23H2,1-2H3,(H2,24,25,26). The number of aromatic nitrogens is 2. The molecule has 2 aromatic rings. The van der Waals surface area contributed by atoms with E-state index in [2.05, 4.69) is 33.7 Å². The van der Waals surface area contributed by atoms with E-state index in [4.69, 9.17) is 5.73 Å². The first-order valence-corrected chi connectivity index (χ1v) is 9.58. The molecule has 2 rings (SSSR count). The molecule has 28 heavy (non-hydrogen) atoms. The maximum Gasteiger partial charge on any atom is 0.190 e. The summed E-state index contributed by atoms with van der Waals surface area (Å²) in [6.45, 7) is 3.76. The predicted octanol–water partition coefficient (Wildman–Crippen LogP) is 2.75. The van der Waals surface area contributed by atoms with Crippen LogP contribution >= 0.6 is 0 Å². The van der Waals surface area contributed by atoms with Crippen LogP contribution in [0.3, 0.4) is 0 Å². The second-order valence-corrected chi connectivity index (χ2v) is 6.44. The van der Waals surface area contributed by atoms with E-state index < -0.39 is 0 Å². The summed E-state index contributed by atoms with van der Waals surface area (Å²) in [5, 5.41) is 20.4. The number of rotatable bonds is 9. The molecule has 0 aliphatic heterocycles. The number of hydrogen-bond acceptors (Lipinski definition) is 4. The lowest BCUT2D eigenvalue weighted by Crippen LogP contribution is -2.38. The second kappa shape index (κ2) is 10.9. The van der Waals surface area contributed by atoms with Crippen molar-refractivity contribution in [1.29, 1.82) is 5.26 Å². The van der Waals surface area contributed by atoms with Gasteiger partial charge in [-0.2, -0.15) is 10.4 Å². The Morgan fingerprint density at radius 1 is 1.21 bits per heavy atom. The molecule has 1 aromatic heterocycles. The molecule has 8 heteroatoms. The summed E-state index contributed by atoms with van der Waals surface area (Å²) in [4.78, 5) is 4.20. The minimum atomic E-state index is -0.335. The normalized spacial score (nSPS) is 11.3. The molecule has 0 aliphatic carbocycles. The fourth-order valence-electron chi connectivity index (χ4n) is 2.82. The van der Waals surface area contributed by atoms with Crippen molar-refractivity contribution in [3.63, 3.8) is 0 Å². The van der Waals surface area contributed by atoms with Crippen molar-refractivity contribution in [2.24, 2.45) is 4.99 Å². The van der Waals surface area contributed by atoms with Crippen molar-refractivity contribution in [2.45, 2.75) is 39.0 Å². The lowest BCUT2D eigenvalue weighted by atomic mass is 10.1. The van der Waals surface area contributed by atoms with Gasteiger partial charge in [-0.25, -0.2) is 9.07 Å². The number of anilines is 1. The molecule has 0 bridgehead atoms. The SMILES string of the molecule is CCCCCNC(=NC)NCCCc1nn(-c2ccc(F)cc2)c(N)c1C#N. The summed E-state index contributed by atoms with van der Waals surface area (Å²) < 4.78 is 14.6. The van der Waals surface area contributed by atoms with Crippen molar-refractivity contribution < 1.29 is 4.39 Å². The van der Waals surface area contributed by atoms with Crippen LogP contribution in [0.25, 0.3) is 5.69 Å². The number of unbranched alkanes of at least 4 members (excludes halogenated alkanes) is 2. The van der Waals surface area contributed by atoms with Gasteiger partial charge < -0.3 is 16.4 Å². The highest BCUT2D eigenvalue weighted by Crippen LogP contribution is 2.21. The Morgan fingerprint density at radius 3 is 2.50 bits per heavy atom. The van der Waals surface area contributed by atoms with Gasteiger partial charge in [0.05, 0.1) is 11.4 Å². The molecule has 0 atom stereocenters. The van der Waals surface area contributed by atoms with E-state index in [9.17, 15) is 9.65 Å². The van der Waals surface area contributed by atoms with E-state index in [0.29, 0.717) is 29.9 Å². The Labute approximate surface area is 165 Å². The van der Waals surface area contributed by atoms with Gasteiger partial charge in [-0.1, -0.05) is 19.8 Å². The summed E-state index contributed by atoms with van der Waals surface area (Å²) in [6, 6.07) is 7.97. The fraction of sp³-hybridized carbons (Fsp3) is 0.450. The Bertz CT molecular complexity index is 818. The van der Waals surface area contributed by atoms with Crippen molar-refractivity contribution >= 4 is 11.8 Å². The van der Waals surface area contributed by atoms with Crippen LogP contribution in [0.2, 0.25) is 0 Å². The maximum atomic E-state index is 13.1. The molecule has 0 amide bonds. The quantitative estimate of drug-likeness (QED) is 0.350. The molecule has 7 nitrogen and oxygen atoms in total. The molecule has 0 radical (unpaired) electrons. The highest BCUT2D eigenvalue weighted by Gasteiger charge is 2.16. The van der Waals surface area contributed by atoms with Gasteiger partial charge >= 0.3 is 0 Å². The average molecular weight is 385 g/mol. The Hall–Kier alpha value is -3.08. The first-order valence-electron chi connectivity index (χ1n) is 9.58. The Balaban J connectivity index is 1.93. The summed E-state index contributed by atoms with van der Waals surface area (Å²) in [6.07, 6.45) is 4.86. The minimum absolute atomic E-state index is 0.269. The first kappa shape index (κ1) is 21.2. The van der Waals surface area contributed by atoms with E-state index in [1.807, 2.05) is 0 Å². The van der Waals surface area contributed by atoms with Gasteiger partial charge in [0.2, 0.25) is 0 Å². The zero-order valence-corrected chi connectivity index (χ0v) is 16.5. The minimum Gasteiger partial charge on any atom is -0.382 e. The van der Waals surface area contributed by atoms with Crippen LogP contribution in [0.1, 0.15) is 43.9 Å². The summed E-state index contributed by atoms with van der Waals surface area (Å²) in [7, 11) is 1.74. The van der Waals surface area contributed by atoms with Crippen LogP contribution in [0.15, 0.2) is 29.3 Å². The van der Waals surface area contributed by atoms with Crippen molar-refractivity contribution in [3.8, 4) is 11.8 Å². The first-order chi connectivity index (χ1) is 13.6. The predicted molar refractivity (Wildman–Crippen MR) is 110 cm³/mol. The van der Waals surface area contributed by atoms with E-state index in [0.717, 1.165) is 25.3 Å². The number of aryl methyl sites for hydroxylation is 1. The van der Waals surface area contributed by atoms with Crippen LogP contribution in [-0.2, 0) is 6.42 Å². The van der Waals surface area contributed by atoms with E-state index in [1.54, 1.807) is 19.2 Å². The van der Waals surface area contributed by atoms with Crippen LogP contribution in [0.5, 0.6) is 0 Å². The van der Waals surface area contributed by atoms with E-state index in [-0.39, 0.29) is 11.6 Å². The molecule has 0 unspecified atom stereocenters. The zero-order valence-electron chi connectivity index (χ0n) is 16.5. The number of nitrogens with one attached hydrogen (secondary N) is 2. The topological polar surface area (TPSA) is 104 Å². The number of nitrogens with zero attached hydrogens (tertiary/aromatic N) is 4. The molecule has 1 heterocycles. The van der Waals surface area contributed by atoms with Crippen LogP contribution in [0, 0.1) is 17.1 Å². The second-order valence-electron chi connectivity index (χ2n) is 6.44. The Morgan fingerprint density at radius 2 is 1.89 bits per heavy atom. The number of nitriles is 1. The molecule has 0 saturated carbocycles. The lowest BCUT2D eigenvalue weighted by molar-refractivity contribution is 0.627. The number of nitrogen functional groups attached to an aromatic ring is 1. The van der Waals surface area contributed by atoms with Gasteiger partial charge in [0.25, 0.3) is 0 Å². The molecule has 1 aromatic carbocycles. The van der Waals surface area contributed by atoms with Crippen molar-refractivity contribution in [3.05, 3.63) is 41.3 Å². The van der Waals surface area contributed by atoms with E-state index >= 15 is 0 Å². The summed E-state index contributed by atoms with van der Waals surface area (Å²) in [5.74, 6) is 0.705. The smallest absolute Gasteiger partial charge is 0.190 e. The maximum absolute atomic E-state index is 13.1. The molecule has 0 aliphatic rings. The monoisotopic (exact) mass is 385 g/mol. The molecule has 0 saturated heterocycles. The van der Waals surface area contributed by atoms with Gasteiger partial charge in [-0.15, -0.1) is 0 Å². The lowest BCUT2D eigenvalue weighted by Gasteiger charge is -2.11. The van der Waals surface area contributed by atoms with Gasteiger partial charge in [0.15, 0.2) is 5.96 Å². The highest BCUT2D eigenvalue weighted by atomic mass is 19.1. The molecule has 0 spiro atoms. The molecule has 150 valence electrons. The van der Waals surface area contributed by atoms with Gasteiger partial charge in [0.1, 0.15) is 23.3 Å². The van der Waals surface area contributed by atoms with Crippen molar-refractivity contribution in [1.82, 2.24) is 20.4 Å². The number of guanidine groups is 1. The third-order valence-electron chi connectivity index (χ3n) is 4.36. The summed E-state index contributed by atoms with van der Waals surface area (Å²) in [5.41, 5.74) is 7.70. The number of nitrogens with two attached hydrogens (primary N) is 1. The molecule has 4 N–H and O–H groups in total. The van der Waals surface area contributed by atoms with Crippen molar-refractivity contribution in [2.75, 3.05) is 25.9 Å². The van der Waals surface area contributed by atoms with Gasteiger partial charge in [-0.3, -0.25) is 4.99 Å².